The number of nitrogens with one attached hydrogen (secondary N) is 1. The van der Waals surface area contributed by atoms with Gasteiger partial charge >= 0.3 is 0 Å². The Hall–Kier alpha value is -2.96. The third-order valence-electron chi connectivity index (χ3n) is 5.50. The van der Waals surface area contributed by atoms with Crippen LogP contribution in [-0.4, -0.2) is 37.0 Å². The molecule has 0 saturated heterocycles. The molecule has 2 aromatic carbocycles. The predicted molar refractivity (Wildman–Crippen MR) is 119 cm³/mol. The summed E-state index contributed by atoms with van der Waals surface area (Å²) in [5.41, 5.74) is 3.12. The summed E-state index contributed by atoms with van der Waals surface area (Å²) in [5, 5.41) is 5.08. The summed E-state index contributed by atoms with van der Waals surface area (Å²) < 4.78 is 5.26. The highest BCUT2D eigenvalue weighted by Gasteiger charge is 2.44. The highest BCUT2D eigenvalue weighted by atomic mass is 32.1. The van der Waals surface area contributed by atoms with E-state index in [1.54, 1.807) is 29.4 Å². The van der Waals surface area contributed by atoms with Crippen LogP contribution in [0.25, 0.3) is 0 Å². The molecule has 1 aromatic heterocycles. The first kappa shape index (κ1) is 20.3. The fraction of sp³-hybridized carbons (Fsp3) is 0.250. The molecule has 0 aliphatic carbocycles. The van der Waals surface area contributed by atoms with Gasteiger partial charge in [0.1, 0.15) is 0 Å². The van der Waals surface area contributed by atoms with E-state index in [0.29, 0.717) is 18.7 Å². The minimum atomic E-state index is -0.519. The Morgan fingerprint density at radius 3 is 2.60 bits per heavy atom. The second kappa shape index (κ2) is 8.81. The molecule has 6 heteroatoms. The molecule has 154 valence electrons. The number of methoxy groups -OCH3 is 1. The lowest BCUT2D eigenvalue weighted by atomic mass is 9.81. The van der Waals surface area contributed by atoms with Gasteiger partial charge in [-0.2, -0.15) is 0 Å². The molecule has 0 spiro atoms. The molecule has 1 aliphatic rings. The van der Waals surface area contributed by atoms with Crippen molar-refractivity contribution >= 4 is 28.8 Å². The largest absolute Gasteiger partial charge is 0.383 e. The number of carbonyl (C=O) groups excluding carboxylic acids is 2. The number of thiophene rings is 1. The molecular formula is C24H24N2O3S. The van der Waals surface area contributed by atoms with Crippen LogP contribution in [0.3, 0.4) is 0 Å². The van der Waals surface area contributed by atoms with Crippen LogP contribution < -0.4 is 5.32 Å². The summed E-state index contributed by atoms with van der Waals surface area (Å²) in [6, 6.07) is 18.7. The van der Waals surface area contributed by atoms with Crippen LogP contribution in [-0.2, 0) is 9.53 Å². The van der Waals surface area contributed by atoms with Crippen molar-refractivity contribution in [3.8, 4) is 0 Å². The smallest absolute Gasteiger partial charge is 0.254 e. The van der Waals surface area contributed by atoms with E-state index < -0.39 is 5.92 Å². The number of benzene rings is 2. The van der Waals surface area contributed by atoms with Gasteiger partial charge in [-0.1, -0.05) is 42.5 Å². The van der Waals surface area contributed by atoms with Crippen LogP contribution in [0.5, 0.6) is 0 Å². The maximum atomic E-state index is 13.6. The predicted octanol–water partition coefficient (Wildman–Crippen LogP) is 4.62. The van der Waals surface area contributed by atoms with Crippen LogP contribution in [0.4, 0.5) is 5.69 Å². The summed E-state index contributed by atoms with van der Waals surface area (Å²) in [7, 11) is 1.62. The van der Waals surface area contributed by atoms with Crippen LogP contribution in [0.2, 0.25) is 0 Å². The van der Waals surface area contributed by atoms with Crippen molar-refractivity contribution in [1.82, 2.24) is 4.90 Å². The number of amides is 2. The topological polar surface area (TPSA) is 58.6 Å². The standard InChI is InChI=1S/C24H24N2O3S/c1-16-8-3-6-11-19(16)25-23(27)21-17-9-4-5-10-18(17)24(28)26(13-14-29-2)22(21)20-12-7-15-30-20/h3-12,15,21-22H,13-14H2,1-2H3,(H,25,27)/t21-,22-/m0/s1. The van der Waals surface area contributed by atoms with E-state index in [2.05, 4.69) is 5.32 Å². The number of para-hydroxylation sites is 1. The van der Waals surface area contributed by atoms with Crippen LogP contribution >= 0.6 is 11.3 Å². The number of anilines is 1. The average Bonchev–Trinajstić information content (AvgIpc) is 3.29. The van der Waals surface area contributed by atoms with Crippen molar-refractivity contribution < 1.29 is 14.3 Å². The number of aryl methyl sites for hydroxylation is 1. The molecule has 4 rings (SSSR count). The molecule has 2 atom stereocenters. The van der Waals surface area contributed by atoms with Gasteiger partial charge in [-0.3, -0.25) is 9.59 Å². The Bertz CT molecular complexity index is 1050. The number of carbonyl (C=O) groups is 2. The third-order valence-corrected chi connectivity index (χ3v) is 6.44. The fourth-order valence-electron chi connectivity index (χ4n) is 4.01. The lowest BCUT2D eigenvalue weighted by Crippen LogP contribution is -2.47. The van der Waals surface area contributed by atoms with Gasteiger partial charge in [0.2, 0.25) is 5.91 Å². The van der Waals surface area contributed by atoms with E-state index in [1.807, 2.05) is 66.9 Å². The van der Waals surface area contributed by atoms with Crippen molar-refractivity contribution in [2.24, 2.45) is 0 Å². The van der Waals surface area contributed by atoms with E-state index in [1.165, 1.54) is 0 Å². The number of fused-ring (bicyclic) bond motifs is 1. The third kappa shape index (κ3) is 3.76. The normalized spacial score (nSPS) is 18.2. The Morgan fingerprint density at radius 1 is 1.10 bits per heavy atom. The van der Waals surface area contributed by atoms with Gasteiger partial charge in [-0.15, -0.1) is 11.3 Å². The number of hydrogen-bond acceptors (Lipinski definition) is 4. The quantitative estimate of drug-likeness (QED) is 0.633. The van der Waals surface area contributed by atoms with Gasteiger partial charge in [0.25, 0.3) is 5.91 Å². The van der Waals surface area contributed by atoms with Gasteiger partial charge in [0.15, 0.2) is 0 Å². The monoisotopic (exact) mass is 420 g/mol. The molecular weight excluding hydrogens is 396 g/mol. The number of nitrogens with zero attached hydrogens (tertiary/aromatic N) is 1. The van der Waals surface area contributed by atoms with Crippen LogP contribution in [0, 0.1) is 6.92 Å². The second-order valence-electron chi connectivity index (χ2n) is 7.32. The van der Waals surface area contributed by atoms with Crippen molar-refractivity contribution in [2.45, 2.75) is 18.9 Å². The summed E-state index contributed by atoms with van der Waals surface area (Å²) in [5.74, 6) is -0.708. The number of rotatable bonds is 6. The van der Waals surface area contributed by atoms with Gasteiger partial charge in [-0.05, 0) is 41.6 Å². The minimum Gasteiger partial charge on any atom is -0.383 e. The molecule has 0 bridgehead atoms. The highest BCUT2D eigenvalue weighted by molar-refractivity contribution is 7.10. The lowest BCUT2D eigenvalue weighted by molar-refractivity contribution is -0.119. The van der Waals surface area contributed by atoms with Crippen molar-refractivity contribution in [3.63, 3.8) is 0 Å². The second-order valence-corrected chi connectivity index (χ2v) is 8.30. The van der Waals surface area contributed by atoms with Crippen molar-refractivity contribution in [2.75, 3.05) is 25.6 Å². The summed E-state index contributed by atoms with van der Waals surface area (Å²) in [6.45, 7) is 2.79. The number of hydrogen-bond donors (Lipinski definition) is 1. The first-order valence-electron chi connectivity index (χ1n) is 9.90. The van der Waals surface area contributed by atoms with Crippen LogP contribution in [0.1, 0.15) is 38.3 Å². The Balaban J connectivity index is 1.81. The Kier molecular flexibility index (Phi) is 5.97. The zero-order valence-electron chi connectivity index (χ0n) is 17.0. The molecule has 0 saturated carbocycles. The molecule has 2 amide bonds. The zero-order valence-corrected chi connectivity index (χ0v) is 17.8. The van der Waals surface area contributed by atoms with E-state index in [0.717, 1.165) is 21.7 Å². The van der Waals surface area contributed by atoms with Gasteiger partial charge in [0.05, 0.1) is 18.6 Å². The first-order chi connectivity index (χ1) is 14.6. The zero-order chi connectivity index (χ0) is 21.1. The molecule has 30 heavy (non-hydrogen) atoms. The minimum absolute atomic E-state index is 0.0685. The van der Waals surface area contributed by atoms with E-state index in [9.17, 15) is 9.59 Å². The van der Waals surface area contributed by atoms with E-state index in [4.69, 9.17) is 4.74 Å². The average molecular weight is 421 g/mol. The first-order valence-corrected chi connectivity index (χ1v) is 10.8. The van der Waals surface area contributed by atoms with Crippen molar-refractivity contribution in [1.29, 1.82) is 0 Å². The molecule has 3 aromatic rings. The molecule has 0 radical (unpaired) electrons. The van der Waals surface area contributed by atoms with Gasteiger partial charge in [-0.25, -0.2) is 0 Å². The molecule has 5 nitrogen and oxygen atoms in total. The summed E-state index contributed by atoms with van der Waals surface area (Å²) in [4.78, 5) is 29.8. The summed E-state index contributed by atoms with van der Waals surface area (Å²) >= 11 is 1.56. The SMILES string of the molecule is COCCN1C(=O)c2ccccc2[C@H](C(=O)Nc2ccccc2C)[C@@H]1c1cccs1. The maximum Gasteiger partial charge on any atom is 0.254 e. The summed E-state index contributed by atoms with van der Waals surface area (Å²) in [6.07, 6.45) is 0. The molecule has 1 N–H and O–H groups in total. The Morgan fingerprint density at radius 2 is 1.87 bits per heavy atom. The molecule has 0 fully saturated rings. The van der Waals surface area contributed by atoms with Gasteiger partial charge < -0.3 is 15.0 Å². The van der Waals surface area contributed by atoms with Gasteiger partial charge in [0, 0.05) is 29.8 Å². The Labute approximate surface area is 180 Å². The highest BCUT2D eigenvalue weighted by Crippen LogP contribution is 2.44. The van der Waals surface area contributed by atoms with Crippen LogP contribution in [0.15, 0.2) is 66.0 Å². The number of ether oxygens (including phenoxy) is 1. The van der Waals surface area contributed by atoms with Crippen molar-refractivity contribution in [3.05, 3.63) is 87.6 Å². The van der Waals surface area contributed by atoms with E-state index >= 15 is 0 Å². The lowest BCUT2D eigenvalue weighted by Gasteiger charge is -2.41. The van der Waals surface area contributed by atoms with E-state index in [-0.39, 0.29) is 17.9 Å². The molecule has 1 aliphatic heterocycles. The molecule has 2 heterocycles. The fourth-order valence-corrected chi connectivity index (χ4v) is 4.88. The molecule has 0 unspecified atom stereocenters. The maximum absolute atomic E-state index is 13.6.